The molecule has 4 heteroatoms. The normalized spacial score (nSPS) is 10.7. The Morgan fingerprint density at radius 2 is 1.76 bits per heavy atom. The lowest BCUT2D eigenvalue weighted by Gasteiger charge is -2.03. The van der Waals surface area contributed by atoms with Crippen LogP contribution in [0.25, 0.3) is 10.8 Å². The van der Waals surface area contributed by atoms with Crippen LogP contribution in [0.3, 0.4) is 0 Å². The fraction of sp³-hybridized carbons (Fsp3) is 0.0588. The molecule has 2 aromatic carbocycles. The van der Waals surface area contributed by atoms with Gasteiger partial charge in [-0.1, -0.05) is 36.4 Å². The van der Waals surface area contributed by atoms with Crippen LogP contribution in [0.2, 0.25) is 0 Å². The number of fused-ring (bicyclic) bond motifs is 1. The molecule has 0 amide bonds. The van der Waals surface area contributed by atoms with Crippen molar-refractivity contribution in [1.29, 1.82) is 0 Å². The average molecular weight is 280 g/mol. The Morgan fingerprint density at radius 1 is 1.00 bits per heavy atom. The van der Waals surface area contributed by atoms with E-state index in [9.17, 15) is 14.7 Å². The van der Waals surface area contributed by atoms with Gasteiger partial charge in [-0.2, -0.15) is 0 Å². The lowest BCUT2D eigenvalue weighted by molar-refractivity contribution is 0.0986. The van der Waals surface area contributed by atoms with Gasteiger partial charge in [-0.15, -0.1) is 0 Å². The van der Waals surface area contributed by atoms with Crippen LogP contribution in [0.5, 0.6) is 5.75 Å². The van der Waals surface area contributed by atoms with E-state index in [1.165, 1.54) is 6.07 Å². The van der Waals surface area contributed by atoms with Crippen LogP contribution in [0.1, 0.15) is 16.1 Å². The Kier molecular flexibility index (Phi) is 3.28. The van der Waals surface area contributed by atoms with Gasteiger partial charge in [0.25, 0.3) is 0 Å². The highest BCUT2D eigenvalue weighted by molar-refractivity contribution is 6.00. The van der Waals surface area contributed by atoms with Crippen LogP contribution in [-0.4, -0.2) is 10.9 Å². The molecular formula is C17H12O4. The zero-order valence-electron chi connectivity index (χ0n) is 11.1. The summed E-state index contributed by atoms with van der Waals surface area (Å²) in [5.41, 5.74) is -0.129. The van der Waals surface area contributed by atoms with Crippen molar-refractivity contribution in [2.24, 2.45) is 0 Å². The molecule has 1 aromatic heterocycles. The van der Waals surface area contributed by atoms with E-state index in [1.54, 1.807) is 12.1 Å². The molecule has 0 saturated carbocycles. The van der Waals surface area contributed by atoms with E-state index in [0.717, 1.165) is 16.8 Å². The molecule has 0 radical (unpaired) electrons. The Morgan fingerprint density at radius 3 is 2.52 bits per heavy atom. The highest BCUT2D eigenvalue weighted by atomic mass is 16.4. The summed E-state index contributed by atoms with van der Waals surface area (Å²) in [5, 5.41) is 11.4. The summed E-state index contributed by atoms with van der Waals surface area (Å²) in [6.45, 7) is 0. The number of carbonyl (C=O) groups is 1. The summed E-state index contributed by atoms with van der Waals surface area (Å²) in [6, 6.07) is 15.4. The van der Waals surface area contributed by atoms with Gasteiger partial charge in [0.15, 0.2) is 5.78 Å². The Bertz CT molecular complexity index is 877. The first-order valence-corrected chi connectivity index (χ1v) is 6.47. The van der Waals surface area contributed by atoms with Crippen LogP contribution in [0.4, 0.5) is 0 Å². The lowest BCUT2D eigenvalue weighted by Crippen LogP contribution is -2.06. The van der Waals surface area contributed by atoms with E-state index in [2.05, 4.69) is 0 Å². The Hall–Kier alpha value is -2.88. The highest BCUT2D eigenvalue weighted by Gasteiger charge is 2.11. The zero-order chi connectivity index (χ0) is 14.8. The van der Waals surface area contributed by atoms with E-state index in [0.29, 0.717) is 5.56 Å². The summed E-state index contributed by atoms with van der Waals surface area (Å²) in [4.78, 5) is 23.4. The molecule has 1 heterocycles. The number of Topliss-reactive ketones (excluding diaryl/α,β-unsaturated/α-hetero) is 1. The Labute approximate surface area is 120 Å². The van der Waals surface area contributed by atoms with Crippen LogP contribution in [0.15, 0.2) is 63.8 Å². The maximum absolute atomic E-state index is 12.2. The number of aromatic hydroxyl groups is 1. The van der Waals surface area contributed by atoms with Gasteiger partial charge in [0.1, 0.15) is 11.5 Å². The number of carbonyl (C=O) groups excluding carboxylic acids is 1. The Balaban J connectivity index is 1.91. The van der Waals surface area contributed by atoms with Crippen molar-refractivity contribution >= 4 is 16.6 Å². The summed E-state index contributed by atoms with van der Waals surface area (Å²) in [6.07, 6.45) is -0.0675. The predicted molar refractivity (Wildman–Crippen MR) is 78.6 cm³/mol. The molecule has 0 aliphatic heterocycles. The molecule has 0 unspecified atom stereocenters. The smallest absolute Gasteiger partial charge is 0.339 e. The minimum atomic E-state index is -0.670. The molecule has 0 aliphatic rings. The van der Waals surface area contributed by atoms with Gasteiger partial charge in [0, 0.05) is 11.6 Å². The first-order chi connectivity index (χ1) is 10.1. The van der Waals surface area contributed by atoms with Gasteiger partial charge in [-0.3, -0.25) is 4.79 Å². The molecule has 0 saturated heterocycles. The fourth-order valence-corrected chi connectivity index (χ4v) is 2.23. The molecule has 104 valence electrons. The van der Waals surface area contributed by atoms with Crippen molar-refractivity contribution in [1.82, 2.24) is 0 Å². The first kappa shape index (κ1) is 13.1. The van der Waals surface area contributed by atoms with E-state index >= 15 is 0 Å². The standard InChI is InChI=1S/C17H12O4/c18-14-8-15(21-17(20)9-14)10-16(19)13-6-5-11-3-1-2-4-12(11)7-13/h1-9,18H,10H2. The second-order valence-electron chi connectivity index (χ2n) is 4.76. The molecule has 1 N–H and O–H groups in total. The average Bonchev–Trinajstić information content (AvgIpc) is 2.45. The first-order valence-electron chi connectivity index (χ1n) is 6.47. The second-order valence-corrected chi connectivity index (χ2v) is 4.76. The van der Waals surface area contributed by atoms with Gasteiger partial charge < -0.3 is 9.52 Å². The zero-order valence-corrected chi connectivity index (χ0v) is 11.1. The number of hydrogen-bond acceptors (Lipinski definition) is 4. The fourth-order valence-electron chi connectivity index (χ4n) is 2.23. The molecule has 3 rings (SSSR count). The number of ketones is 1. The number of rotatable bonds is 3. The number of hydrogen-bond donors (Lipinski definition) is 1. The van der Waals surface area contributed by atoms with E-state index in [1.807, 2.05) is 30.3 Å². The van der Waals surface area contributed by atoms with Crippen LogP contribution >= 0.6 is 0 Å². The van der Waals surface area contributed by atoms with E-state index in [4.69, 9.17) is 4.42 Å². The van der Waals surface area contributed by atoms with E-state index in [-0.39, 0.29) is 23.7 Å². The van der Waals surface area contributed by atoms with Crippen LogP contribution < -0.4 is 5.63 Å². The molecule has 3 aromatic rings. The van der Waals surface area contributed by atoms with Crippen molar-refractivity contribution in [2.75, 3.05) is 0 Å². The van der Waals surface area contributed by atoms with Crippen molar-refractivity contribution in [3.05, 3.63) is 76.3 Å². The van der Waals surface area contributed by atoms with Gasteiger partial charge in [0.2, 0.25) is 0 Å². The second kappa shape index (κ2) is 5.25. The van der Waals surface area contributed by atoms with Crippen LogP contribution in [-0.2, 0) is 6.42 Å². The summed E-state index contributed by atoms with van der Waals surface area (Å²) >= 11 is 0. The van der Waals surface area contributed by atoms with Crippen molar-refractivity contribution in [3.63, 3.8) is 0 Å². The predicted octanol–water partition coefficient (Wildman–Crippen LogP) is 2.92. The van der Waals surface area contributed by atoms with Gasteiger partial charge in [-0.05, 0) is 16.8 Å². The lowest BCUT2D eigenvalue weighted by atomic mass is 10.0. The van der Waals surface area contributed by atoms with Crippen molar-refractivity contribution < 1.29 is 14.3 Å². The highest BCUT2D eigenvalue weighted by Crippen LogP contribution is 2.17. The molecule has 21 heavy (non-hydrogen) atoms. The largest absolute Gasteiger partial charge is 0.508 e. The van der Waals surface area contributed by atoms with Crippen molar-refractivity contribution in [2.45, 2.75) is 6.42 Å². The molecule has 0 bridgehead atoms. The SMILES string of the molecule is O=C(Cc1cc(O)cc(=O)o1)c1ccc2ccccc2c1. The third-order valence-corrected chi connectivity index (χ3v) is 3.21. The minimum absolute atomic E-state index is 0.0675. The number of benzene rings is 2. The summed E-state index contributed by atoms with van der Waals surface area (Å²) < 4.78 is 4.90. The monoisotopic (exact) mass is 280 g/mol. The third-order valence-electron chi connectivity index (χ3n) is 3.21. The molecular weight excluding hydrogens is 268 g/mol. The van der Waals surface area contributed by atoms with Gasteiger partial charge >= 0.3 is 5.63 Å². The maximum atomic E-state index is 12.2. The molecule has 0 spiro atoms. The quantitative estimate of drug-likeness (QED) is 0.749. The molecule has 4 nitrogen and oxygen atoms in total. The third kappa shape index (κ3) is 2.84. The topological polar surface area (TPSA) is 67.5 Å². The molecule has 0 fully saturated rings. The maximum Gasteiger partial charge on any atom is 0.339 e. The van der Waals surface area contributed by atoms with Gasteiger partial charge in [0.05, 0.1) is 12.5 Å². The van der Waals surface area contributed by atoms with E-state index < -0.39 is 5.63 Å². The van der Waals surface area contributed by atoms with Crippen LogP contribution in [0, 0.1) is 0 Å². The summed E-state index contributed by atoms with van der Waals surface area (Å²) in [7, 11) is 0. The van der Waals surface area contributed by atoms with Gasteiger partial charge in [-0.25, -0.2) is 4.79 Å². The summed E-state index contributed by atoms with van der Waals surface area (Å²) in [5.74, 6) is -0.222. The molecule has 0 atom stereocenters. The minimum Gasteiger partial charge on any atom is -0.508 e. The van der Waals surface area contributed by atoms with Crippen molar-refractivity contribution in [3.8, 4) is 5.75 Å². The molecule has 0 aliphatic carbocycles.